The second-order valence-corrected chi connectivity index (χ2v) is 8.23. The van der Waals surface area contributed by atoms with E-state index in [2.05, 4.69) is 10.3 Å². The van der Waals surface area contributed by atoms with Crippen molar-refractivity contribution in [3.63, 3.8) is 0 Å². The molecule has 0 aliphatic heterocycles. The summed E-state index contributed by atoms with van der Waals surface area (Å²) in [5.74, 6) is -0.580. The maximum Gasteiger partial charge on any atom is 0.237 e. The molecule has 0 bridgehead atoms. The Hall–Kier alpha value is -2.54. The van der Waals surface area contributed by atoms with Gasteiger partial charge in [0, 0.05) is 5.56 Å². The van der Waals surface area contributed by atoms with E-state index in [1.807, 2.05) is 32.0 Å². The van der Waals surface area contributed by atoms with E-state index >= 15 is 0 Å². The van der Waals surface area contributed by atoms with Gasteiger partial charge in [0.1, 0.15) is 21.5 Å². The number of pyridine rings is 1. The fourth-order valence-electron chi connectivity index (χ4n) is 3.09. The highest BCUT2D eigenvalue weighted by molar-refractivity contribution is 6.38. The van der Waals surface area contributed by atoms with Crippen LogP contribution in [0.1, 0.15) is 51.3 Å². The van der Waals surface area contributed by atoms with Crippen LogP contribution in [-0.2, 0) is 0 Å². The number of ether oxygens (including phenoxy) is 1. The topological polar surface area (TPSA) is 74.6 Å². The summed E-state index contributed by atoms with van der Waals surface area (Å²) in [7, 11) is 0. The van der Waals surface area contributed by atoms with E-state index in [-0.39, 0.29) is 40.7 Å². The van der Waals surface area contributed by atoms with Crippen LogP contribution in [0.4, 0.5) is 10.2 Å². The first kappa shape index (κ1) is 25.7. The largest absolute Gasteiger partial charge is 0.508 e. The fraction of sp³-hybridized carbons (Fsp3) is 0.292. The molecule has 1 aromatic heterocycles. The number of aliphatic hydroxyl groups excluding tert-OH is 1. The minimum absolute atomic E-state index is 0. The standard InChI is InChI=1S/C23H23Cl2FN2O3.CH4/c1-12(2)16-11-15(9-10-17(16)29)31-21-18(24)22(26)28-23(19(21)25)27-13(3)20(30)14-7-5-4-6-8-14;/h4-13,20,29-30H,1-3H3,(H,27,28);1H4/t13-,20+;/m0./s1. The number of hydrogen-bond acceptors (Lipinski definition) is 5. The third-order valence-corrected chi connectivity index (χ3v) is 5.50. The Morgan fingerprint density at radius 3 is 2.31 bits per heavy atom. The summed E-state index contributed by atoms with van der Waals surface area (Å²) in [6.07, 6.45) is -0.882. The summed E-state index contributed by atoms with van der Waals surface area (Å²) < 4.78 is 20.2. The summed E-state index contributed by atoms with van der Waals surface area (Å²) in [5.41, 5.74) is 1.35. The van der Waals surface area contributed by atoms with E-state index in [0.29, 0.717) is 16.9 Å². The van der Waals surface area contributed by atoms with Crippen molar-refractivity contribution in [3.05, 3.63) is 75.7 Å². The number of nitrogens with zero attached hydrogens (tertiary/aromatic N) is 1. The molecule has 2 aromatic carbocycles. The average Bonchev–Trinajstić information content (AvgIpc) is 2.75. The van der Waals surface area contributed by atoms with Gasteiger partial charge in [-0.15, -0.1) is 0 Å². The van der Waals surface area contributed by atoms with Crippen molar-refractivity contribution < 1.29 is 19.3 Å². The van der Waals surface area contributed by atoms with Gasteiger partial charge in [-0.3, -0.25) is 0 Å². The zero-order chi connectivity index (χ0) is 22.7. The number of aromatic hydroxyl groups is 1. The van der Waals surface area contributed by atoms with Gasteiger partial charge in [0.05, 0.1) is 12.1 Å². The number of hydrogen-bond donors (Lipinski definition) is 3. The maximum absolute atomic E-state index is 14.4. The van der Waals surface area contributed by atoms with Crippen LogP contribution in [0, 0.1) is 5.95 Å². The summed E-state index contributed by atoms with van der Waals surface area (Å²) in [4.78, 5) is 3.78. The number of phenols is 1. The van der Waals surface area contributed by atoms with Crippen molar-refractivity contribution in [3.8, 4) is 17.2 Å². The predicted octanol–water partition coefficient (Wildman–Crippen LogP) is 7.32. The summed E-state index contributed by atoms with van der Waals surface area (Å²) >= 11 is 12.5. The van der Waals surface area contributed by atoms with Crippen LogP contribution in [0.3, 0.4) is 0 Å². The van der Waals surface area contributed by atoms with Crippen LogP contribution in [0.2, 0.25) is 10.0 Å². The van der Waals surface area contributed by atoms with E-state index in [0.717, 1.165) is 0 Å². The number of anilines is 1. The molecule has 8 heteroatoms. The number of rotatable bonds is 7. The molecule has 3 aromatic rings. The number of aliphatic hydroxyl groups is 1. The highest BCUT2D eigenvalue weighted by atomic mass is 35.5. The molecule has 0 aliphatic rings. The molecular formula is C24H27Cl2FN2O3. The molecule has 1 heterocycles. The number of phenolic OH excluding ortho intramolecular Hbond substituents is 1. The molecule has 0 saturated heterocycles. The highest BCUT2D eigenvalue weighted by Gasteiger charge is 2.24. The Kier molecular flexibility index (Phi) is 8.73. The molecule has 0 spiro atoms. The van der Waals surface area contributed by atoms with E-state index in [4.69, 9.17) is 27.9 Å². The van der Waals surface area contributed by atoms with Crippen molar-refractivity contribution >= 4 is 29.0 Å². The zero-order valence-electron chi connectivity index (χ0n) is 17.2. The van der Waals surface area contributed by atoms with E-state index < -0.39 is 18.1 Å². The van der Waals surface area contributed by atoms with Gasteiger partial charge in [0.15, 0.2) is 11.6 Å². The van der Waals surface area contributed by atoms with Gasteiger partial charge >= 0.3 is 0 Å². The molecule has 0 radical (unpaired) electrons. The second-order valence-electron chi connectivity index (χ2n) is 7.47. The van der Waals surface area contributed by atoms with Crippen LogP contribution in [-0.4, -0.2) is 21.2 Å². The molecule has 3 N–H and O–H groups in total. The lowest BCUT2D eigenvalue weighted by molar-refractivity contribution is 0.160. The van der Waals surface area contributed by atoms with Gasteiger partial charge < -0.3 is 20.3 Å². The van der Waals surface area contributed by atoms with Crippen molar-refractivity contribution in [2.24, 2.45) is 0 Å². The Morgan fingerprint density at radius 2 is 1.69 bits per heavy atom. The molecule has 3 rings (SSSR count). The van der Waals surface area contributed by atoms with Gasteiger partial charge in [0.25, 0.3) is 0 Å². The Labute approximate surface area is 197 Å². The predicted molar refractivity (Wildman–Crippen MR) is 128 cm³/mol. The van der Waals surface area contributed by atoms with E-state index in [1.165, 1.54) is 12.1 Å². The van der Waals surface area contributed by atoms with Crippen LogP contribution < -0.4 is 10.1 Å². The molecule has 32 heavy (non-hydrogen) atoms. The number of halogens is 3. The summed E-state index contributed by atoms with van der Waals surface area (Å²) in [6, 6.07) is 13.2. The molecule has 5 nitrogen and oxygen atoms in total. The Bertz CT molecular complexity index is 1060. The lowest BCUT2D eigenvalue weighted by atomic mass is 10.0. The lowest BCUT2D eigenvalue weighted by Crippen LogP contribution is -2.25. The molecule has 0 amide bonds. The summed E-state index contributed by atoms with van der Waals surface area (Å²) in [5, 5.41) is 23.1. The number of benzene rings is 2. The van der Waals surface area contributed by atoms with Crippen molar-refractivity contribution in [2.45, 2.75) is 46.3 Å². The highest BCUT2D eigenvalue weighted by Crippen LogP contribution is 2.42. The molecule has 0 saturated carbocycles. The minimum Gasteiger partial charge on any atom is -0.508 e. The van der Waals surface area contributed by atoms with Gasteiger partial charge in [0.2, 0.25) is 5.95 Å². The first-order valence-electron chi connectivity index (χ1n) is 9.73. The molecule has 0 aliphatic carbocycles. The third-order valence-electron chi connectivity index (χ3n) is 4.82. The van der Waals surface area contributed by atoms with E-state index in [1.54, 1.807) is 25.1 Å². The Morgan fingerprint density at radius 1 is 1.03 bits per heavy atom. The molecule has 0 fully saturated rings. The SMILES string of the molecule is C.CC(C)c1cc(Oc2c(Cl)c(F)nc(N[C@@H](C)[C@@H](O)c3ccccc3)c2Cl)ccc1O. The second kappa shape index (κ2) is 10.9. The van der Waals surface area contributed by atoms with Crippen molar-refractivity contribution in [1.29, 1.82) is 0 Å². The quantitative estimate of drug-likeness (QED) is 0.309. The van der Waals surface area contributed by atoms with Crippen LogP contribution in [0.15, 0.2) is 48.5 Å². The first-order valence-corrected chi connectivity index (χ1v) is 10.5. The van der Waals surface area contributed by atoms with Crippen molar-refractivity contribution in [2.75, 3.05) is 5.32 Å². The Balaban J connectivity index is 0.00000363. The van der Waals surface area contributed by atoms with Gasteiger partial charge in [-0.2, -0.15) is 9.37 Å². The number of aromatic nitrogens is 1. The fourth-order valence-corrected chi connectivity index (χ4v) is 3.54. The molecular weight excluding hydrogens is 454 g/mol. The van der Waals surface area contributed by atoms with Gasteiger partial charge in [-0.05, 0) is 36.6 Å². The monoisotopic (exact) mass is 480 g/mol. The zero-order valence-corrected chi connectivity index (χ0v) is 18.7. The lowest BCUT2D eigenvalue weighted by Gasteiger charge is -2.22. The minimum atomic E-state index is -0.965. The third kappa shape index (κ3) is 5.63. The van der Waals surface area contributed by atoms with Crippen LogP contribution in [0.25, 0.3) is 0 Å². The summed E-state index contributed by atoms with van der Waals surface area (Å²) in [6.45, 7) is 5.57. The first-order chi connectivity index (χ1) is 14.7. The van der Waals surface area contributed by atoms with Crippen LogP contribution in [0.5, 0.6) is 17.2 Å². The molecule has 172 valence electrons. The molecule has 2 atom stereocenters. The average molecular weight is 481 g/mol. The van der Waals surface area contributed by atoms with E-state index in [9.17, 15) is 14.6 Å². The van der Waals surface area contributed by atoms with Crippen molar-refractivity contribution in [1.82, 2.24) is 4.98 Å². The van der Waals surface area contributed by atoms with Crippen LogP contribution >= 0.6 is 23.2 Å². The maximum atomic E-state index is 14.4. The van der Waals surface area contributed by atoms with Gasteiger partial charge in [-0.1, -0.05) is 74.8 Å². The number of nitrogens with one attached hydrogen (secondary N) is 1. The van der Waals surface area contributed by atoms with Gasteiger partial charge in [-0.25, -0.2) is 0 Å². The smallest absolute Gasteiger partial charge is 0.237 e. The molecule has 0 unspecified atom stereocenters. The normalized spacial score (nSPS) is 12.8.